The molecule has 0 aromatic heterocycles. The first kappa shape index (κ1) is 16.0. The summed E-state index contributed by atoms with van der Waals surface area (Å²) in [5, 5.41) is 48.8. The molecule has 21 heavy (non-hydrogen) atoms. The van der Waals surface area contributed by atoms with E-state index in [9.17, 15) is 30.0 Å². The van der Waals surface area contributed by atoms with E-state index in [4.69, 9.17) is 10.8 Å². The highest BCUT2D eigenvalue weighted by molar-refractivity contribution is 5.83. The standard InChI is InChI=1S/C10H15NO10/c11-3-1-5(13)20-9(17)7(15)6(14)4(2-12)19-10(9,18)21-8(3)16/h3-4,6-7,12,14-15,17-18H,1-2,11H2. The van der Waals surface area contributed by atoms with E-state index in [1.807, 2.05) is 0 Å². The van der Waals surface area contributed by atoms with Gasteiger partial charge in [0.15, 0.2) is 6.10 Å². The summed E-state index contributed by atoms with van der Waals surface area (Å²) in [6.07, 6.45) is -6.56. The number of aliphatic hydroxyl groups is 5. The summed E-state index contributed by atoms with van der Waals surface area (Å²) in [6, 6.07) is -1.49. The SMILES string of the molecule is NC1CC(=O)OC2(O)C(O)C(O)C(CO)OC2(O)OC1=O. The lowest BCUT2D eigenvalue weighted by Crippen LogP contribution is -2.76. The minimum absolute atomic E-state index is 0.691. The van der Waals surface area contributed by atoms with Gasteiger partial charge < -0.3 is 45.5 Å². The first-order valence-electron chi connectivity index (χ1n) is 5.94. The van der Waals surface area contributed by atoms with Gasteiger partial charge in [0.05, 0.1) is 13.0 Å². The summed E-state index contributed by atoms with van der Waals surface area (Å²) < 4.78 is 13.6. The monoisotopic (exact) mass is 309 g/mol. The van der Waals surface area contributed by atoms with Crippen molar-refractivity contribution in [3.05, 3.63) is 0 Å². The van der Waals surface area contributed by atoms with Crippen LogP contribution in [0.15, 0.2) is 0 Å². The molecule has 2 fully saturated rings. The molecule has 120 valence electrons. The zero-order chi connectivity index (χ0) is 16.0. The number of carbonyl (C=O) groups is 2. The van der Waals surface area contributed by atoms with Crippen LogP contribution in [0, 0.1) is 0 Å². The van der Waals surface area contributed by atoms with Crippen molar-refractivity contribution in [2.24, 2.45) is 5.73 Å². The highest BCUT2D eigenvalue weighted by Gasteiger charge is 2.70. The van der Waals surface area contributed by atoms with Crippen molar-refractivity contribution < 1.29 is 49.3 Å². The average molecular weight is 309 g/mol. The number of hydrogen-bond donors (Lipinski definition) is 6. The fourth-order valence-electron chi connectivity index (χ4n) is 2.04. The molecule has 11 nitrogen and oxygen atoms in total. The van der Waals surface area contributed by atoms with E-state index in [1.165, 1.54) is 0 Å². The summed E-state index contributed by atoms with van der Waals surface area (Å²) in [4.78, 5) is 23.1. The number of hydrogen-bond acceptors (Lipinski definition) is 11. The zero-order valence-corrected chi connectivity index (χ0v) is 10.6. The number of aliphatic hydroxyl groups excluding tert-OH is 3. The highest BCUT2D eigenvalue weighted by atomic mass is 16.9. The van der Waals surface area contributed by atoms with Gasteiger partial charge in [-0.25, -0.2) is 0 Å². The van der Waals surface area contributed by atoms with Gasteiger partial charge >= 0.3 is 23.7 Å². The summed E-state index contributed by atoms with van der Waals surface area (Å²) in [5.74, 6) is -9.18. The lowest BCUT2D eigenvalue weighted by Gasteiger charge is -2.50. The summed E-state index contributed by atoms with van der Waals surface area (Å²) >= 11 is 0. The molecule has 2 saturated heterocycles. The smallest absolute Gasteiger partial charge is 0.399 e. The van der Waals surface area contributed by atoms with Crippen LogP contribution in [-0.4, -0.2) is 80.2 Å². The van der Waals surface area contributed by atoms with E-state index in [0.29, 0.717) is 0 Å². The van der Waals surface area contributed by atoms with Crippen LogP contribution in [0.1, 0.15) is 6.42 Å². The van der Waals surface area contributed by atoms with Gasteiger partial charge in [0.25, 0.3) is 0 Å². The maximum absolute atomic E-state index is 11.6. The first-order chi connectivity index (χ1) is 9.64. The third-order valence-corrected chi connectivity index (χ3v) is 3.25. The maximum atomic E-state index is 11.6. The summed E-state index contributed by atoms with van der Waals surface area (Å²) in [5.41, 5.74) is 5.31. The third-order valence-electron chi connectivity index (χ3n) is 3.25. The second-order valence-corrected chi connectivity index (χ2v) is 4.76. The topological polar surface area (TPSA) is 189 Å². The molecule has 2 rings (SSSR count). The van der Waals surface area contributed by atoms with Crippen LogP contribution in [0.2, 0.25) is 0 Å². The predicted molar refractivity (Wildman–Crippen MR) is 58.6 cm³/mol. The minimum Gasteiger partial charge on any atom is -0.420 e. The van der Waals surface area contributed by atoms with Crippen LogP contribution >= 0.6 is 0 Å². The molecule has 0 spiro atoms. The number of nitrogens with two attached hydrogens (primary N) is 1. The van der Waals surface area contributed by atoms with E-state index in [0.717, 1.165) is 0 Å². The molecular formula is C10H15NO10. The van der Waals surface area contributed by atoms with Crippen LogP contribution in [0.4, 0.5) is 0 Å². The van der Waals surface area contributed by atoms with E-state index in [-0.39, 0.29) is 0 Å². The van der Waals surface area contributed by atoms with Gasteiger partial charge in [-0.05, 0) is 0 Å². The molecule has 0 bridgehead atoms. The lowest BCUT2D eigenvalue weighted by atomic mass is 9.93. The molecule has 0 radical (unpaired) electrons. The van der Waals surface area contributed by atoms with Crippen LogP contribution in [0.5, 0.6) is 0 Å². The van der Waals surface area contributed by atoms with Crippen molar-refractivity contribution in [2.45, 2.75) is 42.5 Å². The average Bonchev–Trinajstić information content (AvgIpc) is 2.40. The Balaban J connectivity index is 2.45. The largest absolute Gasteiger partial charge is 0.420 e. The van der Waals surface area contributed by atoms with Crippen LogP contribution in [0.25, 0.3) is 0 Å². The zero-order valence-electron chi connectivity index (χ0n) is 10.6. The number of carbonyl (C=O) groups excluding carboxylic acids is 2. The van der Waals surface area contributed by atoms with Gasteiger partial charge in [-0.15, -0.1) is 0 Å². The molecule has 2 aliphatic rings. The fraction of sp³-hybridized carbons (Fsp3) is 0.800. The van der Waals surface area contributed by atoms with Gasteiger partial charge in [-0.1, -0.05) is 0 Å². The molecular weight excluding hydrogens is 294 g/mol. The third kappa shape index (κ3) is 2.38. The van der Waals surface area contributed by atoms with Gasteiger partial charge in [0, 0.05) is 0 Å². The first-order valence-corrected chi connectivity index (χ1v) is 5.94. The Bertz CT molecular complexity index is 457. The van der Waals surface area contributed by atoms with Crippen LogP contribution in [-0.2, 0) is 23.8 Å². The highest BCUT2D eigenvalue weighted by Crippen LogP contribution is 2.40. The molecule has 6 atom stereocenters. The molecule has 0 amide bonds. The van der Waals surface area contributed by atoms with Crippen molar-refractivity contribution in [3.8, 4) is 0 Å². The van der Waals surface area contributed by atoms with Gasteiger partial charge in [0.1, 0.15) is 18.2 Å². The normalized spacial score (nSPS) is 47.7. The van der Waals surface area contributed by atoms with Crippen LogP contribution in [0.3, 0.4) is 0 Å². The second kappa shape index (κ2) is 5.14. The quantitative estimate of drug-likeness (QED) is 0.255. The van der Waals surface area contributed by atoms with E-state index < -0.39 is 61.1 Å². The number of fused-ring (bicyclic) bond motifs is 1. The molecule has 0 saturated carbocycles. The Labute approximate surface area is 117 Å². The Morgan fingerprint density at radius 1 is 1.24 bits per heavy atom. The molecule has 0 aliphatic carbocycles. The minimum atomic E-state index is -3.34. The summed E-state index contributed by atoms with van der Waals surface area (Å²) in [6.45, 7) is -0.895. The molecule has 0 aromatic carbocycles. The number of esters is 2. The van der Waals surface area contributed by atoms with Gasteiger partial charge in [0.2, 0.25) is 0 Å². The fourth-order valence-corrected chi connectivity index (χ4v) is 2.04. The Hall–Kier alpha value is -1.34. The predicted octanol–water partition coefficient (Wildman–Crippen LogP) is -4.75. The van der Waals surface area contributed by atoms with E-state index in [1.54, 1.807) is 0 Å². The van der Waals surface area contributed by atoms with E-state index in [2.05, 4.69) is 14.2 Å². The maximum Gasteiger partial charge on any atom is 0.399 e. The molecule has 0 aromatic rings. The van der Waals surface area contributed by atoms with Crippen molar-refractivity contribution >= 4 is 11.9 Å². The van der Waals surface area contributed by atoms with Crippen molar-refractivity contribution in [3.63, 3.8) is 0 Å². The van der Waals surface area contributed by atoms with E-state index >= 15 is 0 Å². The Kier molecular flexibility index (Phi) is 3.92. The molecule has 11 heteroatoms. The van der Waals surface area contributed by atoms with Gasteiger partial charge in [-0.2, -0.15) is 0 Å². The Morgan fingerprint density at radius 3 is 2.43 bits per heavy atom. The van der Waals surface area contributed by atoms with Gasteiger partial charge in [-0.3, -0.25) is 9.59 Å². The molecule has 7 N–H and O–H groups in total. The number of rotatable bonds is 1. The van der Waals surface area contributed by atoms with Crippen molar-refractivity contribution in [1.82, 2.24) is 0 Å². The lowest BCUT2D eigenvalue weighted by molar-refractivity contribution is -0.512. The molecule has 6 unspecified atom stereocenters. The molecule has 2 aliphatic heterocycles. The Morgan fingerprint density at radius 2 is 1.86 bits per heavy atom. The van der Waals surface area contributed by atoms with Crippen molar-refractivity contribution in [1.29, 1.82) is 0 Å². The van der Waals surface area contributed by atoms with Crippen molar-refractivity contribution in [2.75, 3.05) is 6.61 Å². The summed E-state index contributed by atoms with van der Waals surface area (Å²) in [7, 11) is 0. The number of ether oxygens (including phenoxy) is 3. The van der Waals surface area contributed by atoms with Crippen LogP contribution < -0.4 is 5.73 Å². The second-order valence-electron chi connectivity index (χ2n) is 4.76. The molecule has 2 heterocycles.